The summed E-state index contributed by atoms with van der Waals surface area (Å²) >= 11 is 0. The molecule has 3 rings (SSSR count). The number of aromatic nitrogens is 2. The first-order valence-corrected chi connectivity index (χ1v) is 8.57. The third-order valence-corrected chi connectivity index (χ3v) is 4.27. The van der Waals surface area contributed by atoms with Crippen LogP contribution in [0.3, 0.4) is 0 Å². The smallest absolute Gasteiger partial charge is 0.410 e. The number of anilines is 1. The number of ether oxygens (including phenoxy) is 2. The normalized spacial score (nSPS) is 15.2. The van der Waals surface area contributed by atoms with E-state index in [1.165, 1.54) is 7.11 Å². The van der Waals surface area contributed by atoms with E-state index in [4.69, 9.17) is 9.47 Å². The van der Waals surface area contributed by atoms with Gasteiger partial charge in [-0.05, 0) is 32.9 Å². The molecule has 0 unspecified atom stereocenters. The number of rotatable bonds is 2. The Labute approximate surface area is 152 Å². The van der Waals surface area contributed by atoms with Crippen LogP contribution in [0.4, 0.5) is 10.5 Å². The molecule has 1 aliphatic rings. The summed E-state index contributed by atoms with van der Waals surface area (Å²) in [5.74, 6) is -0.402. The zero-order chi connectivity index (χ0) is 18.9. The monoisotopic (exact) mass is 360 g/mol. The van der Waals surface area contributed by atoms with Gasteiger partial charge < -0.3 is 19.3 Å². The van der Waals surface area contributed by atoms with Gasteiger partial charge in [0.15, 0.2) is 0 Å². The van der Waals surface area contributed by atoms with E-state index in [1.54, 1.807) is 17.2 Å². The number of fused-ring (bicyclic) bond motifs is 1. The molecule has 1 aromatic carbocycles. The molecule has 0 spiro atoms. The fraction of sp³-hybridized carbons (Fsp3) is 0.500. The molecule has 0 aliphatic carbocycles. The lowest BCUT2D eigenvalue weighted by atomic mass is 10.1. The summed E-state index contributed by atoms with van der Waals surface area (Å²) in [6.07, 6.45) is 1.42. The second-order valence-electron chi connectivity index (χ2n) is 7.24. The number of nitrogens with zero attached hydrogens (tertiary/aromatic N) is 3. The van der Waals surface area contributed by atoms with E-state index in [9.17, 15) is 9.59 Å². The van der Waals surface area contributed by atoms with Crippen LogP contribution in [0.2, 0.25) is 0 Å². The molecule has 1 saturated heterocycles. The molecule has 8 heteroatoms. The Kier molecular flexibility index (Phi) is 4.76. The number of amides is 1. The van der Waals surface area contributed by atoms with Crippen molar-refractivity contribution < 1.29 is 19.1 Å². The summed E-state index contributed by atoms with van der Waals surface area (Å²) < 4.78 is 10.3. The van der Waals surface area contributed by atoms with E-state index >= 15 is 0 Å². The predicted octanol–water partition coefficient (Wildman–Crippen LogP) is 2.41. The molecule has 1 amide bonds. The lowest BCUT2D eigenvalue weighted by Crippen LogP contribution is -2.50. The summed E-state index contributed by atoms with van der Waals surface area (Å²) in [7, 11) is 1.36. The quantitative estimate of drug-likeness (QED) is 0.828. The van der Waals surface area contributed by atoms with Crippen molar-refractivity contribution in [3.05, 3.63) is 23.9 Å². The van der Waals surface area contributed by atoms with Crippen LogP contribution in [0.1, 0.15) is 31.1 Å². The van der Waals surface area contributed by atoms with Gasteiger partial charge in [0.1, 0.15) is 5.60 Å². The van der Waals surface area contributed by atoms with Gasteiger partial charge >= 0.3 is 12.1 Å². The van der Waals surface area contributed by atoms with E-state index in [2.05, 4.69) is 15.1 Å². The number of hydrogen-bond acceptors (Lipinski definition) is 6. The number of benzene rings is 1. The standard InChI is InChI=1S/C18H24N4O4/c1-18(2,3)26-17(24)22-9-7-21(8-10-22)14-6-5-12(16(23)25-4)15-13(14)11-19-20-15/h5-6,11H,7-10H2,1-4H3,(H,19,20). The number of esters is 1. The van der Waals surface area contributed by atoms with Gasteiger partial charge in [-0.25, -0.2) is 9.59 Å². The molecule has 8 nitrogen and oxygen atoms in total. The van der Waals surface area contributed by atoms with E-state index in [-0.39, 0.29) is 6.09 Å². The topological polar surface area (TPSA) is 87.8 Å². The van der Waals surface area contributed by atoms with Crippen molar-refractivity contribution in [1.82, 2.24) is 15.1 Å². The van der Waals surface area contributed by atoms with E-state index in [1.807, 2.05) is 26.8 Å². The van der Waals surface area contributed by atoms with Gasteiger partial charge in [0.05, 0.1) is 24.4 Å². The Morgan fingerprint density at radius 1 is 1.15 bits per heavy atom. The first-order chi connectivity index (χ1) is 12.3. The molecule has 1 aliphatic heterocycles. The second kappa shape index (κ2) is 6.86. The Morgan fingerprint density at radius 2 is 1.85 bits per heavy atom. The van der Waals surface area contributed by atoms with E-state index in [0.717, 1.165) is 11.1 Å². The van der Waals surface area contributed by atoms with Crippen molar-refractivity contribution in [2.45, 2.75) is 26.4 Å². The van der Waals surface area contributed by atoms with Crippen molar-refractivity contribution in [3.63, 3.8) is 0 Å². The van der Waals surface area contributed by atoms with Gasteiger partial charge in [-0.1, -0.05) is 0 Å². The predicted molar refractivity (Wildman–Crippen MR) is 97.5 cm³/mol. The number of carbonyl (C=O) groups excluding carboxylic acids is 2. The molecule has 1 fully saturated rings. The second-order valence-corrected chi connectivity index (χ2v) is 7.24. The van der Waals surface area contributed by atoms with Gasteiger partial charge in [0.25, 0.3) is 0 Å². The number of piperazine rings is 1. The van der Waals surface area contributed by atoms with Gasteiger partial charge in [-0.15, -0.1) is 0 Å². The minimum atomic E-state index is -0.499. The van der Waals surface area contributed by atoms with Crippen LogP contribution in [-0.2, 0) is 9.47 Å². The van der Waals surface area contributed by atoms with Gasteiger partial charge in [-0.3, -0.25) is 5.10 Å². The van der Waals surface area contributed by atoms with Crippen LogP contribution >= 0.6 is 0 Å². The van der Waals surface area contributed by atoms with Crippen molar-refractivity contribution in [1.29, 1.82) is 0 Å². The Morgan fingerprint density at radius 3 is 2.46 bits per heavy atom. The lowest BCUT2D eigenvalue weighted by molar-refractivity contribution is 0.0240. The zero-order valence-corrected chi connectivity index (χ0v) is 15.5. The molecule has 1 aromatic heterocycles. The summed E-state index contributed by atoms with van der Waals surface area (Å²) in [5, 5.41) is 7.81. The average Bonchev–Trinajstić information content (AvgIpc) is 3.08. The van der Waals surface area contributed by atoms with Crippen molar-refractivity contribution in [2.24, 2.45) is 0 Å². The Hall–Kier alpha value is -2.77. The number of H-pyrrole nitrogens is 1. The van der Waals surface area contributed by atoms with Crippen LogP contribution in [-0.4, -0.2) is 66.0 Å². The highest BCUT2D eigenvalue weighted by molar-refractivity contribution is 6.06. The Bertz CT molecular complexity index is 816. The third-order valence-electron chi connectivity index (χ3n) is 4.27. The summed E-state index contributed by atoms with van der Waals surface area (Å²) in [6, 6.07) is 3.63. The van der Waals surface area contributed by atoms with Gasteiger partial charge in [0.2, 0.25) is 0 Å². The molecular formula is C18H24N4O4. The molecule has 0 atom stereocenters. The van der Waals surface area contributed by atoms with E-state index < -0.39 is 11.6 Å². The molecule has 1 N–H and O–H groups in total. The van der Waals surface area contributed by atoms with Crippen LogP contribution in [0, 0.1) is 0 Å². The summed E-state index contributed by atoms with van der Waals surface area (Å²) in [4.78, 5) is 28.0. The molecule has 0 bridgehead atoms. The van der Waals surface area contributed by atoms with Gasteiger partial charge in [0, 0.05) is 37.3 Å². The van der Waals surface area contributed by atoms with Crippen LogP contribution in [0.15, 0.2) is 18.3 Å². The maximum atomic E-state index is 12.2. The zero-order valence-electron chi connectivity index (χ0n) is 15.5. The van der Waals surface area contributed by atoms with Crippen molar-refractivity contribution in [2.75, 3.05) is 38.2 Å². The number of aromatic amines is 1. The number of methoxy groups -OCH3 is 1. The van der Waals surface area contributed by atoms with Crippen molar-refractivity contribution in [3.8, 4) is 0 Å². The number of carbonyl (C=O) groups is 2. The van der Waals surface area contributed by atoms with Crippen molar-refractivity contribution >= 4 is 28.7 Å². The molecule has 2 aromatic rings. The molecule has 2 heterocycles. The van der Waals surface area contributed by atoms with Crippen LogP contribution in [0.25, 0.3) is 10.9 Å². The van der Waals surface area contributed by atoms with E-state index in [0.29, 0.717) is 37.3 Å². The van der Waals surface area contributed by atoms with Crippen LogP contribution < -0.4 is 4.90 Å². The molecule has 0 radical (unpaired) electrons. The molecule has 26 heavy (non-hydrogen) atoms. The highest BCUT2D eigenvalue weighted by Gasteiger charge is 2.27. The fourth-order valence-corrected chi connectivity index (χ4v) is 3.03. The highest BCUT2D eigenvalue weighted by Crippen LogP contribution is 2.29. The summed E-state index contributed by atoms with van der Waals surface area (Å²) in [6.45, 7) is 8.09. The third kappa shape index (κ3) is 3.58. The maximum absolute atomic E-state index is 12.2. The lowest BCUT2D eigenvalue weighted by Gasteiger charge is -2.37. The summed E-state index contributed by atoms with van der Waals surface area (Å²) in [5.41, 5.74) is 1.59. The highest BCUT2D eigenvalue weighted by atomic mass is 16.6. The Balaban J connectivity index is 1.75. The van der Waals surface area contributed by atoms with Gasteiger partial charge in [-0.2, -0.15) is 5.10 Å². The first-order valence-electron chi connectivity index (χ1n) is 8.57. The largest absolute Gasteiger partial charge is 0.465 e. The number of nitrogens with one attached hydrogen (secondary N) is 1. The minimum Gasteiger partial charge on any atom is -0.465 e. The fourth-order valence-electron chi connectivity index (χ4n) is 3.03. The SMILES string of the molecule is COC(=O)c1ccc(N2CCN(C(=O)OC(C)(C)C)CC2)c2cn[nH]c12. The first kappa shape index (κ1) is 18.0. The number of hydrogen-bond donors (Lipinski definition) is 1. The average molecular weight is 360 g/mol. The molecule has 140 valence electrons. The molecule has 0 saturated carbocycles. The minimum absolute atomic E-state index is 0.286. The van der Waals surface area contributed by atoms with Crippen LogP contribution in [0.5, 0.6) is 0 Å². The molecular weight excluding hydrogens is 336 g/mol. The maximum Gasteiger partial charge on any atom is 0.410 e.